The predicted molar refractivity (Wildman–Crippen MR) is 66.2 cm³/mol. The third kappa shape index (κ3) is 2.34. The van der Waals surface area contributed by atoms with E-state index in [2.05, 4.69) is 33.0 Å². The zero-order valence-electron chi connectivity index (χ0n) is 8.69. The van der Waals surface area contributed by atoms with E-state index in [1.807, 2.05) is 12.1 Å². The van der Waals surface area contributed by atoms with Crippen LogP contribution in [-0.2, 0) is 0 Å². The Morgan fingerprint density at radius 1 is 1.33 bits per heavy atom. The summed E-state index contributed by atoms with van der Waals surface area (Å²) in [5.41, 5.74) is 1.20. The summed E-state index contributed by atoms with van der Waals surface area (Å²) in [4.78, 5) is 2.31. The van der Waals surface area contributed by atoms with Gasteiger partial charge in [-0.25, -0.2) is 0 Å². The molecule has 0 bridgehead atoms. The summed E-state index contributed by atoms with van der Waals surface area (Å²) in [7, 11) is 0. The Labute approximate surface area is 99.0 Å². The SMILES string of the molecule is OCC1CCCCN1c1ccccc1Br. The van der Waals surface area contributed by atoms with Crippen molar-refractivity contribution in [2.24, 2.45) is 0 Å². The van der Waals surface area contributed by atoms with Crippen molar-refractivity contribution < 1.29 is 5.11 Å². The van der Waals surface area contributed by atoms with Gasteiger partial charge in [-0.15, -0.1) is 0 Å². The highest BCUT2D eigenvalue weighted by Gasteiger charge is 2.22. The number of aliphatic hydroxyl groups excluding tert-OH is 1. The molecule has 1 aromatic carbocycles. The third-order valence-corrected chi connectivity index (χ3v) is 3.67. The van der Waals surface area contributed by atoms with Gasteiger partial charge in [-0.1, -0.05) is 12.1 Å². The Kier molecular flexibility index (Phi) is 3.65. The molecule has 1 unspecified atom stereocenters. The monoisotopic (exact) mass is 269 g/mol. The minimum atomic E-state index is 0.251. The van der Waals surface area contributed by atoms with E-state index in [4.69, 9.17) is 0 Å². The van der Waals surface area contributed by atoms with Gasteiger partial charge in [-0.3, -0.25) is 0 Å². The van der Waals surface area contributed by atoms with Gasteiger partial charge in [-0.05, 0) is 47.3 Å². The molecule has 2 nitrogen and oxygen atoms in total. The second-order valence-corrected chi connectivity index (χ2v) is 4.83. The summed E-state index contributed by atoms with van der Waals surface area (Å²) in [6, 6.07) is 8.52. The van der Waals surface area contributed by atoms with Gasteiger partial charge in [0.25, 0.3) is 0 Å². The van der Waals surface area contributed by atoms with Crippen molar-refractivity contribution in [2.75, 3.05) is 18.1 Å². The van der Waals surface area contributed by atoms with Crippen LogP contribution >= 0.6 is 15.9 Å². The summed E-state index contributed by atoms with van der Waals surface area (Å²) in [5, 5.41) is 9.36. The van der Waals surface area contributed by atoms with E-state index in [9.17, 15) is 5.11 Å². The summed E-state index contributed by atoms with van der Waals surface area (Å²) in [5.74, 6) is 0. The molecule has 0 amide bonds. The van der Waals surface area contributed by atoms with Crippen LogP contribution in [-0.4, -0.2) is 24.3 Å². The molecule has 3 heteroatoms. The molecule has 1 saturated heterocycles. The molecular formula is C12H16BrNO. The molecule has 1 N–H and O–H groups in total. The van der Waals surface area contributed by atoms with Gasteiger partial charge in [0.1, 0.15) is 0 Å². The zero-order chi connectivity index (χ0) is 10.7. The first-order valence-electron chi connectivity index (χ1n) is 5.45. The first-order valence-corrected chi connectivity index (χ1v) is 6.24. The van der Waals surface area contributed by atoms with E-state index in [0.717, 1.165) is 17.4 Å². The molecule has 0 spiro atoms. The number of benzene rings is 1. The van der Waals surface area contributed by atoms with Gasteiger partial charge >= 0.3 is 0 Å². The average Bonchev–Trinajstić information content (AvgIpc) is 2.30. The summed E-state index contributed by atoms with van der Waals surface area (Å²) in [6.07, 6.45) is 3.54. The van der Waals surface area contributed by atoms with E-state index in [1.165, 1.54) is 18.5 Å². The lowest BCUT2D eigenvalue weighted by molar-refractivity contribution is 0.240. The molecule has 15 heavy (non-hydrogen) atoms. The maximum atomic E-state index is 9.36. The number of rotatable bonds is 2. The zero-order valence-corrected chi connectivity index (χ0v) is 10.3. The maximum Gasteiger partial charge on any atom is 0.0635 e. The normalized spacial score (nSPS) is 21.7. The van der Waals surface area contributed by atoms with Crippen LogP contribution in [0.15, 0.2) is 28.7 Å². The Bertz CT molecular complexity index is 329. The highest BCUT2D eigenvalue weighted by Crippen LogP contribution is 2.30. The number of nitrogens with zero attached hydrogens (tertiary/aromatic N) is 1. The fraction of sp³-hybridized carbons (Fsp3) is 0.500. The molecule has 1 aromatic rings. The van der Waals surface area contributed by atoms with Crippen LogP contribution in [0, 0.1) is 0 Å². The van der Waals surface area contributed by atoms with Crippen LogP contribution in [0.3, 0.4) is 0 Å². The number of halogens is 1. The van der Waals surface area contributed by atoms with Crippen molar-refractivity contribution in [2.45, 2.75) is 25.3 Å². The van der Waals surface area contributed by atoms with Crippen LogP contribution in [0.4, 0.5) is 5.69 Å². The van der Waals surface area contributed by atoms with Crippen LogP contribution in [0.2, 0.25) is 0 Å². The van der Waals surface area contributed by atoms with Gasteiger partial charge in [0.05, 0.1) is 18.3 Å². The first-order chi connectivity index (χ1) is 7.33. The molecule has 0 saturated carbocycles. The lowest BCUT2D eigenvalue weighted by Gasteiger charge is -2.37. The van der Waals surface area contributed by atoms with Gasteiger partial charge in [0.15, 0.2) is 0 Å². The highest BCUT2D eigenvalue weighted by atomic mass is 79.9. The minimum Gasteiger partial charge on any atom is -0.394 e. The molecule has 1 fully saturated rings. The molecule has 1 heterocycles. The van der Waals surface area contributed by atoms with Gasteiger partial charge in [0, 0.05) is 11.0 Å². The number of para-hydroxylation sites is 1. The Morgan fingerprint density at radius 3 is 2.87 bits per heavy atom. The molecular weight excluding hydrogens is 254 g/mol. The summed E-state index contributed by atoms with van der Waals surface area (Å²) < 4.78 is 1.12. The van der Waals surface area contributed by atoms with Crippen LogP contribution in [0.5, 0.6) is 0 Å². The number of aliphatic hydroxyl groups is 1. The lowest BCUT2D eigenvalue weighted by atomic mass is 10.0. The molecule has 0 aliphatic carbocycles. The number of anilines is 1. The predicted octanol–water partition coefficient (Wildman–Crippen LogP) is 2.80. The van der Waals surface area contributed by atoms with E-state index >= 15 is 0 Å². The van der Waals surface area contributed by atoms with E-state index in [1.54, 1.807) is 0 Å². The van der Waals surface area contributed by atoms with Crippen molar-refractivity contribution in [3.63, 3.8) is 0 Å². The fourth-order valence-corrected chi connectivity index (χ4v) is 2.70. The number of piperidine rings is 1. The van der Waals surface area contributed by atoms with E-state index in [-0.39, 0.29) is 12.6 Å². The Balaban J connectivity index is 2.24. The van der Waals surface area contributed by atoms with Gasteiger partial charge in [-0.2, -0.15) is 0 Å². The molecule has 82 valence electrons. The highest BCUT2D eigenvalue weighted by molar-refractivity contribution is 9.10. The van der Waals surface area contributed by atoms with Crippen molar-refractivity contribution in [3.8, 4) is 0 Å². The van der Waals surface area contributed by atoms with E-state index in [0.29, 0.717) is 0 Å². The fourth-order valence-electron chi connectivity index (χ4n) is 2.19. The van der Waals surface area contributed by atoms with Crippen molar-refractivity contribution >= 4 is 21.6 Å². The number of hydrogen-bond acceptors (Lipinski definition) is 2. The van der Waals surface area contributed by atoms with Crippen molar-refractivity contribution in [1.29, 1.82) is 0 Å². The topological polar surface area (TPSA) is 23.5 Å². The summed E-state index contributed by atoms with van der Waals surface area (Å²) >= 11 is 3.57. The second kappa shape index (κ2) is 4.99. The van der Waals surface area contributed by atoms with E-state index < -0.39 is 0 Å². The van der Waals surface area contributed by atoms with Gasteiger partial charge in [0.2, 0.25) is 0 Å². The van der Waals surface area contributed by atoms with Crippen LogP contribution in [0.25, 0.3) is 0 Å². The van der Waals surface area contributed by atoms with Crippen molar-refractivity contribution in [3.05, 3.63) is 28.7 Å². The smallest absolute Gasteiger partial charge is 0.0635 e. The minimum absolute atomic E-state index is 0.251. The molecule has 1 atom stereocenters. The standard InChI is InChI=1S/C12H16BrNO/c13-11-6-1-2-7-12(11)14-8-4-3-5-10(14)9-15/h1-2,6-7,10,15H,3-5,8-9H2. The molecule has 1 aliphatic rings. The summed E-state index contributed by atoms with van der Waals surface area (Å²) in [6.45, 7) is 1.30. The lowest BCUT2D eigenvalue weighted by Crippen LogP contribution is -2.42. The quantitative estimate of drug-likeness (QED) is 0.893. The first kappa shape index (κ1) is 11.0. The number of hydrogen-bond donors (Lipinski definition) is 1. The average molecular weight is 270 g/mol. The van der Waals surface area contributed by atoms with Crippen LogP contribution < -0.4 is 4.90 Å². The Hall–Kier alpha value is -0.540. The molecule has 1 aliphatic heterocycles. The molecule has 0 radical (unpaired) electrons. The van der Waals surface area contributed by atoms with Gasteiger partial charge < -0.3 is 10.0 Å². The molecule has 0 aromatic heterocycles. The largest absolute Gasteiger partial charge is 0.394 e. The Morgan fingerprint density at radius 2 is 2.13 bits per heavy atom. The van der Waals surface area contributed by atoms with Crippen molar-refractivity contribution in [1.82, 2.24) is 0 Å². The third-order valence-electron chi connectivity index (χ3n) is 3.00. The van der Waals surface area contributed by atoms with Crippen LogP contribution in [0.1, 0.15) is 19.3 Å². The second-order valence-electron chi connectivity index (χ2n) is 3.98. The molecule has 2 rings (SSSR count). The maximum absolute atomic E-state index is 9.36.